The van der Waals surface area contributed by atoms with Crippen LogP contribution in [0.25, 0.3) is 10.9 Å². The number of nitrogens with two attached hydrogens (primary N) is 1. The van der Waals surface area contributed by atoms with Gasteiger partial charge in [0.1, 0.15) is 0 Å². The molecule has 1 unspecified atom stereocenters. The largest absolute Gasteiger partial charge is 0.481 e. The number of benzene rings is 1. The van der Waals surface area contributed by atoms with Gasteiger partial charge in [0.2, 0.25) is 0 Å². The molecule has 0 aliphatic carbocycles. The number of hydrogen-bond acceptors (Lipinski definition) is 3. The third-order valence-electron chi connectivity index (χ3n) is 2.73. The molecular weight excluding hydrogens is 216 g/mol. The van der Waals surface area contributed by atoms with Crippen LogP contribution < -0.4 is 5.73 Å². The highest BCUT2D eigenvalue weighted by atomic mass is 16.4. The topological polar surface area (TPSA) is 76.2 Å². The van der Waals surface area contributed by atoms with Crippen LogP contribution in [-0.2, 0) is 4.79 Å². The van der Waals surface area contributed by atoms with Crippen molar-refractivity contribution in [3.63, 3.8) is 0 Å². The van der Waals surface area contributed by atoms with Gasteiger partial charge < -0.3 is 10.8 Å². The first kappa shape index (κ1) is 11.5. The Balaban J connectivity index is 2.20. The minimum atomic E-state index is -0.820. The minimum absolute atomic E-state index is 0.0847. The molecule has 0 bridgehead atoms. The third kappa shape index (κ3) is 2.79. The monoisotopic (exact) mass is 230 g/mol. The summed E-state index contributed by atoms with van der Waals surface area (Å²) in [6, 6.07) is 9.41. The first-order chi connectivity index (χ1) is 8.16. The van der Waals surface area contributed by atoms with Crippen LogP contribution >= 0.6 is 0 Å². The van der Waals surface area contributed by atoms with Crippen LogP contribution in [0.3, 0.4) is 0 Å². The number of hydrogen-bond donors (Lipinski definition) is 2. The maximum atomic E-state index is 10.5. The number of aromatic nitrogens is 1. The van der Waals surface area contributed by atoms with Crippen molar-refractivity contribution in [2.75, 3.05) is 0 Å². The Hall–Kier alpha value is -1.94. The SMILES string of the molecule is NC(CCC(=O)O)c1ccc2cccnc2c1. The molecule has 1 heterocycles. The lowest BCUT2D eigenvalue weighted by atomic mass is 10.0. The molecule has 0 aliphatic heterocycles. The van der Waals surface area contributed by atoms with E-state index >= 15 is 0 Å². The molecule has 3 N–H and O–H groups in total. The van der Waals surface area contributed by atoms with Crippen molar-refractivity contribution in [3.05, 3.63) is 42.1 Å². The average molecular weight is 230 g/mol. The van der Waals surface area contributed by atoms with Crippen LogP contribution in [0, 0.1) is 0 Å². The summed E-state index contributed by atoms with van der Waals surface area (Å²) in [6.45, 7) is 0. The van der Waals surface area contributed by atoms with Crippen LogP contribution in [0.5, 0.6) is 0 Å². The predicted molar refractivity (Wildman–Crippen MR) is 65.5 cm³/mol. The summed E-state index contributed by atoms with van der Waals surface area (Å²) < 4.78 is 0. The molecule has 0 radical (unpaired) electrons. The van der Waals surface area contributed by atoms with Gasteiger partial charge in [-0.2, -0.15) is 0 Å². The molecule has 0 aliphatic rings. The fourth-order valence-electron chi connectivity index (χ4n) is 1.76. The highest BCUT2D eigenvalue weighted by Crippen LogP contribution is 2.20. The highest BCUT2D eigenvalue weighted by Gasteiger charge is 2.09. The van der Waals surface area contributed by atoms with Gasteiger partial charge in [0.15, 0.2) is 0 Å². The maximum absolute atomic E-state index is 10.5. The van der Waals surface area contributed by atoms with Crippen molar-refractivity contribution >= 4 is 16.9 Å². The second-order valence-electron chi connectivity index (χ2n) is 3.99. The predicted octanol–water partition coefficient (Wildman–Crippen LogP) is 2.10. The third-order valence-corrected chi connectivity index (χ3v) is 2.73. The Bertz CT molecular complexity index is 540. The first-order valence-corrected chi connectivity index (χ1v) is 5.49. The Morgan fingerprint density at radius 2 is 2.24 bits per heavy atom. The van der Waals surface area contributed by atoms with Gasteiger partial charge in [0.25, 0.3) is 0 Å². The molecule has 0 saturated carbocycles. The zero-order valence-corrected chi connectivity index (χ0v) is 9.34. The number of rotatable bonds is 4. The van der Waals surface area contributed by atoms with E-state index in [4.69, 9.17) is 10.8 Å². The number of carboxylic acid groups (broad SMARTS) is 1. The van der Waals surface area contributed by atoms with Crippen molar-refractivity contribution in [2.24, 2.45) is 5.73 Å². The van der Waals surface area contributed by atoms with E-state index in [-0.39, 0.29) is 12.5 Å². The van der Waals surface area contributed by atoms with Crippen LogP contribution in [0.1, 0.15) is 24.4 Å². The van der Waals surface area contributed by atoms with Crippen LogP contribution in [0.15, 0.2) is 36.5 Å². The molecule has 0 amide bonds. The average Bonchev–Trinajstić information content (AvgIpc) is 2.35. The molecular formula is C13H14N2O2. The molecule has 4 heteroatoms. The van der Waals surface area contributed by atoms with Crippen LogP contribution in [-0.4, -0.2) is 16.1 Å². The minimum Gasteiger partial charge on any atom is -0.481 e. The molecule has 0 fully saturated rings. The van der Waals surface area contributed by atoms with Gasteiger partial charge in [-0.1, -0.05) is 18.2 Å². The highest BCUT2D eigenvalue weighted by molar-refractivity contribution is 5.79. The number of nitrogens with zero attached hydrogens (tertiary/aromatic N) is 1. The van der Waals surface area contributed by atoms with E-state index in [0.717, 1.165) is 16.5 Å². The Morgan fingerprint density at radius 1 is 1.41 bits per heavy atom. The van der Waals surface area contributed by atoms with E-state index in [9.17, 15) is 4.79 Å². The molecule has 0 spiro atoms. The molecule has 1 aromatic carbocycles. The van der Waals surface area contributed by atoms with E-state index in [1.165, 1.54) is 0 Å². The smallest absolute Gasteiger partial charge is 0.303 e. The number of carboxylic acids is 1. The molecule has 0 saturated heterocycles. The summed E-state index contributed by atoms with van der Waals surface area (Å²) in [6.07, 6.45) is 2.25. The fourth-order valence-corrected chi connectivity index (χ4v) is 1.76. The lowest BCUT2D eigenvalue weighted by Gasteiger charge is -2.11. The number of carbonyl (C=O) groups is 1. The van der Waals surface area contributed by atoms with Gasteiger partial charge in [-0.3, -0.25) is 9.78 Å². The summed E-state index contributed by atoms with van der Waals surface area (Å²) in [4.78, 5) is 14.7. The van der Waals surface area contributed by atoms with Crippen molar-refractivity contribution < 1.29 is 9.90 Å². The van der Waals surface area contributed by atoms with Crippen molar-refractivity contribution in [1.29, 1.82) is 0 Å². The standard InChI is InChI=1S/C13H14N2O2/c14-11(5-6-13(16)17)10-4-3-9-2-1-7-15-12(9)8-10/h1-4,7-8,11H,5-6,14H2,(H,16,17). The Morgan fingerprint density at radius 3 is 3.00 bits per heavy atom. The van der Waals surface area contributed by atoms with Gasteiger partial charge in [-0.15, -0.1) is 0 Å². The van der Waals surface area contributed by atoms with E-state index in [0.29, 0.717) is 6.42 Å². The zero-order chi connectivity index (χ0) is 12.3. The molecule has 4 nitrogen and oxygen atoms in total. The fraction of sp³-hybridized carbons (Fsp3) is 0.231. The Kier molecular flexibility index (Phi) is 3.35. The molecule has 88 valence electrons. The van der Waals surface area contributed by atoms with Crippen LogP contribution in [0.4, 0.5) is 0 Å². The van der Waals surface area contributed by atoms with Crippen molar-refractivity contribution in [2.45, 2.75) is 18.9 Å². The van der Waals surface area contributed by atoms with E-state index < -0.39 is 5.97 Å². The van der Waals surface area contributed by atoms with E-state index in [2.05, 4.69) is 4.98 Å². The Labute approximate surface area is 99.1 Å². The van der Waals surface area contributed by atoms with Gasteiger partial charge in [-0.05, 0) is 24.1 Å². The molecule has 1 atom stereocenters. The molecule has 1 aromatic heterocycles. The lowest BCUT2D eigenvalue weighted by Crippen LogP contribution is -2.12. The number of aliphatic carboxylic acids is 1. The summed E-state index contributed by atoms with van der Waals surface area (Å²) in [5.74, 6) is -0.820. The molecule has 17 heavy (non-hydrogen) atoms. The zero-order valence-electron chi connectivity index (χ0n) is 9.34. The van der Waals surface area contributed by atoms with E-state index in [1.807, 2.05) is 30.3 Å². The summed E-state index contributed by atoms with van der Waals surface area (Å²) in [7, 11) is 0. The summed E-state index contributed by atoms with van der Waals surface area (Å²) in [5, 5.41) is 9.67. The lowest BCUT2D eigenvalue weighted by molar-refractivity contribution is -0.137. The molecule has 2 rings (SSSR count). The van der Waals surface area contributed by atoms with E-state index in [1.54, 1.807) is 6.20 Å². The van der Waals surface area contributed by atoms with Gasteiger partial charge in [-0.25, -0.2) is 0 Å². The molecule has 2 aromatic rings. The number of fused-ring (bicyclic) bond motifs is 1. The first-order valence-electron chi connectivity index (χ1n) is 5.49. The van der Waals surface area contributed by atoms with Gasteiger partial charge in [0.05, 0.1) is 5.52 Å². The van der Waals surface area contributed by atoms with Crippen molar-refractivity contribution in [1.82, 2.24) is 4.98 Å². The quantitative estimate of drug-likeness (QED) is 0.843. The summed E-state index contributed by atoms with van der Waals surface area (Å²) >= 11 is 0. The van der Waals surface area contributed by atoms with Crippen LogP contribution in [0.2, 0.25) is 0 Å². The number of pyridine rings is 1. The second-order valence-corrected chi connectivity index (χ2v) is 3.99. The van der Waals surface area contributed by atoms with Crippen molar-refractivity contribution in [3.8, 4) is 0 Å². The second kappa shape index (κ2) is 4.93. The maximum Gasteiger partial charge on any atom is 0.303 e. The van der Waals surface area contributed by atoms with Gasteiger partial charge in [0, 0.05) is 24.0 Å². The summed E-state index contributed by atoms with van der Waals surface area (Å²) in [5.41, 5.74) is 7.76. The van der Waals surface area contributed by atoms with Gasteiger partial charge >= 0.3 is 5.97 Å². The normalized spacial score (nSPS) is 12.5.